The Morgan fingerprint density at radius 3 is 2.57 bits per heavy atom. The summed E-state index contributed by atoms with van der Waals surface area (Å²) in [6.07, 6.45) is 1.14. The van der Waals surface area contributed by atoms with Crippen molar-refractivity contribution in [3.8, 4) is 0 Å². The zero-order chi connectivity index (χ0) is 32.2. The number of benzene rings is 3. The zero-order valence-electron chi connectivity index (χ0n) is 25.2. The van der Waals surface area contributed by atoms with Gasteiger partial charge in [-0.2, -0.15) is 0 Å². The molecule has 2 aliphatic heterocycles. The first kappa shape index (κ1) is 30.7. The van der Waals surface area contributed by atoms with Crippen LogP contribution in [0.25, 0.3) is 10.2 Å². The molecule has 12 nitrogen and oxygen atoms in total. The van der Waals surface area contributed by atoms with Crippen molar-refractivity contribution >= 4 is 51.0 Å². The normalized spacial score (nSPS) is 18.4. The third-order valence-corrected chi connectivity index (χ3v) is 8.89. The molecule has 0 saturated carbocycles. The molecule has 5 N–H and O–H groups in total. The smallest absolute Gasteiger partial charge is 0.334 e. The summed E-state index contributed by atoms with van der Waals surface area (Å²) in [5, 5.41) is 6.28. The molecule has 46 heavy (non-hydrogen) atoms. The molecule has 4 amide bonds. The van der Waals surface area contributed by atoms with Crippen LogP contribution in [0.15, 0.2) is 96.0 Å². The molecule has 2 fully saturated rings. The molecule has 13 heteroatoms. The van der Waals surface area contributed by atoms with Crippen molar-refractivity contribution in [1.29, 1.82) is 0 Å². The lowest BCUT2D eigenvalue weighted by Gasteiger charge is -2.55. The van der Waals surface area contributed by atoms with E-state index in [0.717, 1.165) is 26.9 Å². The fourth-order valence-electron chi connectivity index (χ4n) is 6.06. The number of nitrogens with zero attached hydrogens (tertiary/aromatic N) is 6. The molecule has 0 bridgehead atoms. The lowest BCUT2D eigenvalue weighted by Crippen LogP contribution is -2.76. The summed E-state index contributed by atoms with van der Waals surface area (Å²) in [6, 6.07) is 21.5. The number of rotatable bonds is 9. The Morgan fingerprint density at radius 2 is 1.83 bits per heavy atom. The number of piperazine rings is 1. The van der Waals surface area contributed by atoms with E-state index in [9.17, 15) is 14.4 Å². The molecule has 0 unspecified atom stereocenters. The average molecular weight is 638 g/mol. The van der Waals surface area contributed by atoms with Crippen molar-refractivity contribution in [1.82, 2.24) is 30.1 Å². The van der Waals surface area contributed by atoms with E-state index in [1.54, 1.807) is 43.5 Å². The van der Waals surface area contributed by atoms with Crippen molar-refractivity contribution in [3.05, 3.63) is 108 Å². The summed E-state index contributed by atoms with van der Waals surface area (Å²) in [4.78, 5) is 54.1. The van der Waals surface area contributed by atoms with Crippen LogP contribution in [-0.4, -0.2) is 80.4 Å². The minimum absolute atomic E-state index is 0.0579. The van der Waals surface area contributed by atoms with Gasteiger partial charge in [-0.1, -0.05) is 60.7 Å². The number of fused-ring (bicyclic) bond motifs is 2. The Labute approximate surface area is 270 Å². The fourth-order valence-corrected chi connectivity index (χ4v) is 6.78. The Hall–Kier alpha value is -5.27. The van der Waals surface area contributed by atoms with Gasteiger partial charge in [-0.15, -0.1) is 17.9 Å². The van der Waals surface area contributed by atoms with Crippen LogP contribution in [0.3, 0.4) is 0 Å². The quantitative estimate of drug-likeness (QED) is 0.145. The number of aromatic nitrogens is 1. The molecule has 1 aromatic heterocycles. The van der Waals surface area contributed by atoms with Crippen LogP contribution in [0.2, 0.25) is 0 Å². The number of carbonyl (C=O) groups is 3. The van der Waals surface area contributed by atoms with E-state index >= 15 is 0 Å². The number of urea groups is 1. The molecule has 3 heterocycles. The third kappa shape index (κ3) is 6.41. The van der Waals surface area contributed by atoms with Crippen LogP contribution in [-0.2, 0) is 29.1 Å². The molecule has 2 atom stereocenters. The summed E-state index contributed by atoms with van der Waals surface area (Å²) >= 11 is 1.53. The molecular formula is C33H35N9O3S. The Morgan fingerprint density at radius 1 is 1.04 bits per heavy atom. The maximum Gasteiger partial charge on any atom is 0.334 e. The minimum Gasteiger partial charge on any atom is -0.370 e. The number of nitrogens with one attached hydrogen (secondary N) is 1. The molecule has 4 aromatic rings. The number of hydrogen-bond acceptors (Lipinski definition) is 7. The van der Waals surface area contributed by atoms with Crippen molar-refractivity contribution in [2.75, 3.05) is 19.6 Å². The van der Waals surface area contributed by atoms with Crippen molar-refractivity contribution in [2.45, 2.75) is 31.7 Å². The molecule has 0 radical (unpaired) electrons. The highest BCUT2D eigenvalue weighted by Gasteiger charge is 2.51. The lowest BCUT2D eigenvalue weighted by atomic mass is 9.98. The summed E-state index contributed by atoms with van der Waals surface area (Å²) < 4.78 is 1.02. The van der Waals surface area contributed by atoms with Crippen molar-refractivity contribution in [3.63, 3.8) is 0 Å². The number of aliphatic imine (C=N–C) groups is 1. The van der Waals surface area contributed by atoms with Gasteiger partial charge in [-0.3, -0.25) is 9.59 Å². The van der Waals surface area contributed by atoms with Crippen LogP contribution in [0.1, 0.15) is 16.7 Å². The monoisotopic (exact) mass is 637 g/mol. The van der Waals surface area contributed by atoms with Gasteiger partial charge in [0.25, 0.3) is 0 Å². The zero-order valence-corrected chi connectivity index (χ0v) is 26.0. The average Bonchev–Trinajstić information content (AvgIpc) is 3.53. The van der Waals surface area contributed by atoms with Gasteiger partial charge in [0.05, 0.1) is 34.5 Å². The van der Waals surface area contributed by atoms with E-state index in [1.807, 2.05) is 60.7 Å². The number of thiazole rings is 1. The van der Waals surface area contributed by atoms with Crippen molar-refractivity contribution < 1.29 is 14.4 Å². The number of amides is 4. The number of para-hydroxylation sites is 1. The van der Waals surface area contributed by atoms with Gasteiger partial charge in [-0.25, -0.2) is 24.8 Å². The number of carbonyl (C=O) groups excluding carboxylic acids is 3. The van der Waals surface area contributed by atoms with E-state index in [-0.39, 0.29) is 56.4 Å². The molecule has 3 aromatic carbocycles. The SMILES string of the molecule is C=CCN1CC(=O)N2[C@@H](Cc3ccc(N=C(N)N)cc3)C(=O)N(Cc3cccc4scnc34)C[C@@H]2N1C(=O)NCc1ccccc1. The lowest BCUT2D eigenvalue weighted by molar-refractivity contribution is -0.189. The number of hydrogen-bond donors (Lipinski definition) is 3. The second-order valence-electron chi connectivity index (χ2n) is 11.2. The van der Waals surface area contributed by atoms with Crippen LogP contribution in [0.4, 0.5) is 10.5 Å². The van der Waals surface area contributed by atoms with Gasteiger partial charge in [0.1, 0.15) is 12.2 Å². The minimum atomic E-state index is -0.856. The van der Waals surface area contributed by atoms with E-state index in [1.165, 1.54) is 11.3 Å². The van der Waals surface area contributed by atoms with E-state index in [2.05, 4.69) is 21.9 Å². The van der Waals surface area contributed by atoms with Crippen molar-refractivity contribution in [2.24, 2.45) is 16.5 Å². The first-order valence-electron chi connectivity index (χ1n) is 14.9. The van der Waals surface area contributed by atoms with Crippen LogP contribution in [0.5, 0.6) is 0 Å². The molecule has 0 spiro atoms. The van der Waals surface area contributed by atoms with E-state index in [4.69, 9.17) is 11.5 Å². The highest BCUT2D eigenvalue weighted by Crippen LogP contribution is 2.31. The maximum atomic E-state index is 14.3. The Balaban J connectivity index is 1.36. The molecule has 2 saturated heterocycles. The number of hydrazine groups is 1. The third-order valence-electron chi connectivity index (χ3n) is 8.09. The van der Waals surface area contributed by atoms with Crippen LogP contribution in [0, 0.1) is 0 Å². The predicted octanol–water partition coefficient (Wildman–Crippen LogP) is 2.94. The second kappa shape index (κ2) is 13.4. The van der Waals surface area contributed by atoms with Gasteiger partial charge in [0, 0.05) is 26.1 Å². The first-order valence-corrected chi connectivity index (χ1v) is 15.8. The van der Waals surface area contributed by atoms with Gasteiger partial charge >= 0.3 is 6.03 Å². The Bertz CT molecular complexity index is 1770. The molecule has 6 rings (SSSR count). The number of nitrogens with two attached hydrogens (primary N) is 2. The topological polar surface area (TPSA) is 153 Å². The molecule has 0 aliphatic carbocycles. The van der Waals surface area contributed by atoms with Gasteiger partial charge in [0.2, 0.25) is 11.8 Å². The highest BCUT2D eigenvalue weighted by molar-refractivity contribution is 7.16. The van der Waals surface area contributed by atoms with Crippen LogP contribution < -0.4 is 16.8 Å². The second-order valence-corrected chi connectivity index (χ2v) is 12.1. The Kier molecular flexibility index (Phi) is 8.94. The summed E-state index contributed by atoms with van der Waals surface area (Å²) in [7, 11) is 0. The molecule has 236 valence electrons. The summed E-state index contributed by atoms with van der Waals surface area (Å²) in [6.45, 7) is 4.76. The van der Waals surface area contributed by atoms with Crippen LogP contribution >= 0.6 is 11.3 Å². The van der Waals surface area contributed by atoms with Gasteiger partial charge < -0.3 is 26.6 Å². The predicted molar refractivity (Wildman–Crippen MR) is 177 cm³/mol. The first-order chi connectivity index (χ1) is 22.3. The summed E-state index contributed by atoms with van der Waals surface area (Å²) in [5.41, 5.74) is 16.9. The highest BCUT2D eigenvalue weighted by atomic mass is 32.1. The maximum absolute atomic E-state index is 14.3. The largest absolute Gasteiger partial charge is 0.370 e. The summed E-state index contributed by atoms with van der Waals surface area (Å²) in [5.74, 6) is -0.500. The van der Waals surface area contributed by atoms with E-state index < -0.39 is 12.2 Å². The standard InChI is InChI=1S/C33H35N9O3S/c1-2-15-40-20-29(43)41-26(16-22-11-13-25(14-12-22)38-32(34)35)31(44)39(18-24-9-6-10-27-30(24)37-21-46-27)19-28(41)42(40)33(45)36-17-23-7-4-3-5-8-23/h2-14,21,26,28H,1,15-20H2,(H,36,45)(H4,34,35,38)/t26-,28-/m0/s1. The van der Waals surface area contributed by atoms with Gasteiger partial charge in [-0.05, 0) is 34.9 Å². The van der Waals surface area contributed by atoms with E-state index in [0.29, 0.717) is 12.2 Å². The molecular weight excluding hydrogens is 602 g/mol. The molecule has 2 aliphatic rings. The fraction of sp³-hybridized carbons (Fsp3) is 0.242. The van der Waals surface area contributed by atoms with Gasteiger partial charge in [0.15, 0.2) is 5.96 Å². The number of guanidine groups is 1.